The molecule has 0 spiro atoms. The minimum Gasteiger partial charge on any atom is -0.478 e. The second-order valence-corrected chi connectivity index (χ2v) is 5.75. The molecular weight excluding hydrogens is 321 g/mol. The molecular formula is C17H17F3N2O2. The average Bonchev–Trinajstić information content (AvgIpc) is 2.45. The topological polar surface area (TPSA) is 62.2 Å². The first kappa shape index (κ1) is 17.8. The van der Waals surface area contributed by atoms with E-state index in [-0.39, 0.29) is 17.6 Å². The molecule has 1 aromatic carbocycles. The molecule has 0 saturated heterocycles. The van der Waals surface area contributed by atoms with Crippen LogP contribution in [0.4, 0.5) is 19.0 Å². The van der Waals surface area contributed by atoms with Crippen LogP contribution in [0.1, 0.15) is 35.3 Å². The molecule has 2 rings (SSSR count). The van der Waals surface area contributed by atoms with Gasteiger partial charge >= 0.3 is 12.1 Å². The Morgan fingerprint density at radius 2 is 1.79 bits per heavy atom. The molecule has 0 amide bonds. The standard InChI is InChI=1S/C17H17F3N2O2/c1-9(2)21-15-14(16(23)24)12(17(18,19)20)8-13(22-15)11-6-4-10(3)5-7-11/h4-9H,1-3H3,(H,21,22)(H,23,24). The van der Waals surface area contributed by atoms with Gasteiger partial charge in [0.15, 0.2) is 0 Å². The predicted molar refractivity (Wildman–Crippen MR) is 85.1 cm³/mol. The number of halogens is 3. The van der Waals surface area contributed by atoms with Gasteiger partial charge in [0.25, 0.3) is 0 Å². The fraction of sp³-hybridized carbons (Fsp3) is 0.294. The third kappa shape index (κ3) is 3.84. The quantitative estimate of drug-likeness (QED) is 0.856. The van der Waals surface area contributed by atoms with Crippen LogP contribution in [0.5, 0.6) is 0 Å². The third-order valence-corrected chi connectivity index (χ3v) is 3.31. The number of anilines is 1. The maximum absolute atomic E-state index is 13.4. The molecule has 0 aliphatic carbocycles. The molecule has 0 unspecified atom stereocenters. The van der Waals surface area contributed by atoms with Gasteiger partial charge in [-0.25, -0.2) is 9.78 Å². The van der Waals surface area contributed by atoms with Crippen molar-refractivity contribution in [1.82, 2.24) is 4.98 Å². The van der Waals surface area contributed by atoms with Crippen LogP contribution < -0.4 is 5.32 Å². The lowest BCUT2D eigenvalue weighted by atomic mass is 10.0. The Labute approximate surface area is 137 Å². The molecule has 1 aromatic heterocycles. The molecule has 0 radical (unpaired) electrons. The lowest BCUT2D eigenvalue weighted by Crippen LogP contribution is -2.20. The van der Waals surface area contributed by atoms with Crippen LogP contribution in [0.2, 0.25) is 0 Å². The molecule has 0 bridgehead atoms. The highest BCUT2D eigenvalue weighted by Crippen LogP contribution is 2.37. The molecule has 24 heavy (non-hydrogen) atoms. The molecule has 2 aromatic rings. The van der Waals surface area contributed by atoms with E-state index in [9.17, 15) is 23.1 Å². The molecule has 7 heteroatoms. The van der Waals surface area contributed by atoms with Crippen molar-refractivity contribution in [3.8, 4) is 11.3 Å². The van der Waals surface area contributed by atoms with E-state index in [4.69, 9.17) is 0 Å². The van der Waals surface area contributed by atoms with Crippen molar-refractivity contribution < 1.29 is 23.1 Å². The molecule has 1 heterocycles. The number of carbonyl (C=O) groups is 1. The Morgan fingerprint density at radius 3 is 2.25 bits per heavy atom. The Bertz CT molecular complexity index is 754. The van der Waals surface area contributed by atoms with Gasteiger partial charge in [0.1, 0.15) is 11.4 Å². The number of aromatic carboxylic acids is 1. The molecule has 4 nitrogen and oxygen atoms in total. The summed E-state index contributed by atoms with van der Waals surface area (Å²) in [4.78, 5) is 15.5. The smallest absolute Gasteiger partial charge is 0.417 e. The van der Waals surface area contributed by atoms with Gasteiger partial charge in [-0.2, -0.15) is 13.2 Å². The lowest BCUT2D eigenvalue weighted by molar-refractivity contribution is -0.138. The number of carboxylic acids is 1. The number of hydrogen-bond donors (Lipinski definition) is 2. The summed E-state index contributed by atoms with van der Waals surface area (Å²) in [5, 5.41) is 11.9. The Hall–Kier alpha value is -2.57. The molecule has 0 atom stereocenters. The zero-order chi connectivity index (χ0) is 18.1. The highest BCUT2D eigenvalue weighted by Gasteiger charge is 2.38. The number of nitrogens with zero attached hydrogens (tertiary/aromatic N) is 1. The van der Waals surface area contributed by atoms with E-state index in [0.717, 1.165) is 11.6 Å². The summed E-state index contributed by atoms with van der Waals surface area (Å²) < 4.78 is 40.1. The van der Waals surface area contributed by atoms with Crippen LogP contribution in [0.25, 0.3) is 11.3 Å². The average molecular weight is 338 g/mol. The SMILES string of the molecule is Cc1ccc(-c2cc(C(F)(F)F)c(C(=O)O)c(NC(C)C)n2)cc1. The summed E-state index contributed by atoms with van der Waals surface area (Å²) in [6.45, 7) is 5.25. The van der Waals surface area contributed by atoms with Gasteiger partial charge in [0, 0.05) is 11.6 Å². The molecule has 0 fully saturated rings. The number of carboxylic acid groups (broad SMARTS) is 1. The molecule has 2 N–H and O–H groups in total. The summed E-state index contributed by atoms with van der Waals surface area (Å²) in [5.74, 6) is -1.96. The van der Waals surface area contributed by atoms with E-state index in [2.05, 4.69) is 10.3 Å². The monoisotopic (exact) mass is 338 g/mol. The van der Waals surface area contributed by atoms with E-state index in [1.807, 2.05) is 6.92 Å². The lowest BCUT2D eigenvalue weighted by Gasteiger charge is -2.18. The van der Waals surface area contributed by atoms with Crippen LogP contribution >= 0.6 is 0 Å². The zero-order valence-electron chi connectivity index (χ0n) is 13.4. The summed E-state index contributed by atoms with van der Waals surface area (Å²) in [5.41, 5.74) is -0.585. The number of pyridine rings is 1. The first-order valence-electron chi connectivity index (χ1n) is 7.28. The van der Waals surface area contributed by atoms with Gasteiger partial charge in [-0.1, -0.05) is 29.8 Å². The first-order chi connectivity index (χ1) is 11.1. The maximum atomic E-state index is 13.4. The van der Waals surface area contributed by atoms with E-state index in [1.54, 1.807) is 38.1 Å². The number of rotatable bonds is 4. The van der Waals surface area contributed by atoms with Gasteiger partial charge in [-0.15, -0.1) is 0 Å². The number of hydrogen-bond acceptors (Lipinski definition) is 3. The van der Waals surface area contributed by atoms with Gasteiger partial charge in [0.05, 0.1) is 11.3 Å². The van der Waals surface area contributed by atoms with Crippen LogP contribution in [-0.4, -0.2) is 22.1 Å². The van der Waals surface area contributed by atoms with Gasteiger partial charge in [0.2, 0.25) is 0 Å². The van der Waals surface area contributed by atoms with Gasteiger partial charge < -0.3 is 10.4 Å². The van der Waals surface area contributed by atoms with Crippen molar-refractivity contribution in [2.75, 3.05) is 5.32 Å². The van der Waals surface area contributed by atoms with Crippen molar-refractivity contribution >= 4 is 11.8 Å². The van der Waals surface area contributed by atoms with Gasteiger partial charge in [-0.05, 0) is 26.8 Å². The zero-order valence-corrected chi connectivity index (χ0v) is 13.4. The third-order valence-electron chi connectivity index (χ3n) is 3.31. The van der Waals surface area contributed by atoms with Crippen LogP contribution in [0, 0.1) is 6.92 Å². The van der Waals surface area contributed by atoms with Crippen LogP contribution in [-0.2, 0) is 6.18 Å². The summed E-state index contributed by atoms with van der Waals surface area (Å²) in [6.07, 6.45) is -4.80. The van der Waals surface area contributed by atoms with Crippen LogP contribution in [0.3, 0.4) is 0 Å². The van der Waals surface area contributed by atoms with Crippen molar-refractivity contribution in [3.05, 3.63) is 47.0 Å². The second-order valence-electron chi connectivity index (χ2n) is 5.75. The van der Waals surface area contributed by atoms with Crippen molar-refractivity contribution in [2.24, 2.45) is 0 Å². The fourth-order valence-corrected chi connectivity index (χ4v) is 2.24. The number of benzene rings is 1. The summed E-state index contributed by atoms with van der Waals surface area (Å²) in [6, 6.07) is 7.31. The maximum Gasteiger partial charge on any atom is 0.417 e. The molecule has 128 valence electrons. The minimum atomic E-state index is -4.80. The van der Waals surface area contributed by atoms with Crippen molar-refractivity contribution in [1.29, 1.82) is 0 Å². The number of alkyl halides is 3. The van der Waals surface area contributed by atoms with E-state index < -0.39 is 23.3 Å². The van der Waals surface area contributed by atoms with Gasteiger partial charge in [-0.3, -0.25) is 0 Å². The van der Waals surface area contributed by atoms with E-state index in [0.29, 0.717) is 5.56 Å². The Morgan fingerprint density at radius 1 is 1.21 bits per heavy atom. The first-order valence-corrected chi connectivity index (χ1v) is 7.28. The fourth-order valence-electron chi connectivity index (χ4n) is 2.24. The largest absolute Gasteiger partial charge is 0.478 e. The highest BCUT2D eigenvalue weighted by atomic mass is 19.4. The molecule has 0 saturated carbocycles. The minimum absolute atomic E-state index is 0.0653. The normalized spacial score (nSPS) is 11.6. The van der Waals surface area contributed by atoms with Crippen molar-refractivity contribution in [2.45, 2.75) is 33.0 Å². The number of aromatic nitrogens is 1. The van der Waals surface area contributed by atoms with E-state index >= 15 is 0 Å². The summed E-state index contributed by atoms with van der Waals surface area (Å²) >= 11 is 0. The van der Waals surface area contributed by atoms with Crippen molar-refractivity contribution in [3.63, 3.8) is 0 Å². The van der Waals surface area contributed by atoms with E-state index in [1.165, 1.54) is 0 Å². The highest BCUT2D eigenvalue weighted by molar-refractivity contribution is 5.96. The Balaban J connectivity index is 2.74. The van der Waals surface area contributed by atoms with Crippen LogP contribution in [0.15, 0.2) is 30.3 Å². The Kier molecular flexibility index (Phi) is 4.82. The molecule has 0 aliphatic rings. The number of aryl methyl sites for hydroxylation is 1. The summed E-state index contributed by atoms with van der Waals surface area (Å²) in [7, 11) is 0. The second kappa shape index (κ2) is 6.51. The predicted octanol–water partition coefficient (Wildman–Crippen LogP) is 4.59. The number of nitrogens with one attached hydrogen (secondary N) is 1. The molecule has 0 aliphatic heterocycles.